The highest BCUT2D eigenvalue weighted by Crippen LogP contribution is 2.28. The standard InChI is InChI=1S/2C26H32N2O3/c2*1-18(2)24-25(29)27-22(20-13-6-5-7-14-20)16-10-8-12-19(3)31-23-17-11-9-15-21(23)26(30)28(24)4/h2*5-11,13-15,17-19,22,24H,12,16H2,1-4H3,(H,27,29)/b10-8+;10-8-/t2*19-,22+,24-/m11/s1. The van der Waals surface area contributed by atoms with Crippen LogP contribution in [0.2, 0.25) is 0 Å². The molecule has 0 unspecified atom stereocenters. The molecule has 2 N–H and O–H groups in total. The van der Waals surface area contributed by atoms with Gasteiger partial charge in [-0.15, -0.1) is 0 Å². The SMILES string of the molecule is CC(C)[C@@H]1C(=O)N[C@H](c2ccccc2)C/C=C/C[C@@H](C)Oc2ccccc2C(=O)N1C.CC(C)[C@@H]1C(=O)N[C@H](c2ccccc2)C/C=C\C[C@@H](C)Oc2ccccc2C(=O)N1C. The highest BCUT2D eigenvalue weighted by molar-refractivity contribution is 6.00. The summed E-state index contributed by atoms with van der Waals surface area (Å²) in [7, 11) is 3.38. The summed E-state index contributed by atoms with van der Waals surface area (Å²) in [4.78, 5) is 56.6. The fourth-order valence-corrected chi connectivity index (χ4v) is 7.99. The Bertz CT molecular complexity index is 2000. The molecule has 6 atom stereocenters. The molecule has 0 aliphatic carbocycles. The van der Waals surface area contributed by atoms with E-state index in [1.54, 1.807) is 26.2 Å². The number of benzene rings is 4. The van der Waals surface area contributed by atoms with E-state index in [2.05, 4.69) is 34.9 Å². The van der Waals surface area contributed by atoms with Crippen LogP contribution >= 0.6 is 0 Å². The Morgan fingerprint density at radius 3 is 1.16 bits per heavy atom. The quantitative estimate of drug-likeness (QED) is 0.198. The number of para-hydroxylation sites is 2. The molecule has 2 aliphatic rings. The van der Waals surface area contributed by atoms with Crippen LogP contribution in [0.4, 0.5) is 0 Å². The van der Waals surface area contributed by atoms with Crippen molar-refractivity contribution in [3.63, 3.8) is 0 Å². The van der Waals surface area contributed by atoms with Crippen molar-refractivity contribution in [2.24, 2.45) is 11.8 Å². The van der Waals surface area contributed by atoms with E-state index in [0.29, 0.717) is 48.3 Å². The number of rotatable bonds is 4. The highest BCUT2D eigenvalue weighted by Gasteiger charge is 2.34. The average Bonchev–Trinajstić information content (AvgIpc) is 3.25. The second-order valence-corrected chi connectivity index (χ2v) is 16.9. The predicted octanol–water partition coefficient (Wildman–Crippen LogP) is 9.52. The molecule has 328 valence electrons. The average molecular weight is 841 g/mol. The van der Waals surface area contributed by atoms with Gasteiger partial charge in [-0.3, -0.25) is 19.2 Å². The zero-order chi connectivity index (χ0) is 44.8. The third-order valence-electron chi connectivity index (χ3n) is 11.2. The first-order valence-electron chi connectivity index (χ1n) is 21.8. The molecule has 0 bridgehead atoms. The van der Waals surface area contributed by atoms with Gasteiger partial charge >= 0.3 is 0 Å². The number of likely N-dealkylation sites (N-methyl/N-ethyl adjacent to an activating group) is 2. The first-order valence-corrected chi connectivity index (χ1v) is 21.8. The van der Waals surface area contributed by atoms with E-state index in [4.69, 9.17) is 9.47 Å². The van der Waals surface area contributed by atoms with Gasteiger partial charge in [0.05, 0.1) is 35.4 Å². The molecule has 2 heterocycles. The maximum absolute atomic E-state index is 13.4. The highest BCUT2D eigenvalue weighted by atomic mass is 16.5. The Kier molecular flexibility index (Phi) is 17.1. The van der Waals surface area contributed by atoms with Crippen molar-refractivity contribution in [1.82, 2.24) is 20.4 Å². The van der Waals surface area contributed by atoms with Crippen LogP contribution < -0.4 is 20.1 Å². The molecular weight excluding hydrogens is 777 g/mol. The molecule has 4 amide bonds. The van der Waals surface area contributed by atoms with Crippen LogP contribution in [0, 0.1) is 11.8 Å². The minimum atomic E-state index is -0.601. The Morgan fingerprint density at radius 2 is 0.806 bits per heavy atom. The molecule has 0 saturated heterocycles. The molecule has 62 heavy (non-hydrogen) atoms. The molecule has 0 fully saturated rings. The monoisotopic (exact) mass is 840 g/mol. The normalized spacial score (nSPS) is 24.0. The van der Waals surface area contributed by atoms with Crippen LogP contribution in [-0.4, -0.2) is 71.8 Å². The van der Waals surface area contributed by atoms with Gasteiger partial charge < -0.3 is 29.9 Å². The molecule has 0 radical (unpaired) electrons. The number of nitrogens with zero attached hydrogens (tertiary/aromatic N) is 2. The van der Waals surface area contributed by atoms with Crippen LogP contribution in [0.15, 0.2) is 133 Å². The topological polar surface area (TPSA) is 117 Å². The number of fused-ring (bicyclic) bond motifs is 2. The molecule has 10 nitrogen and oxygen atoms in total. The number of hydrogen-bond acceptors (Lipinski definition) is 6. The molecule has 0 spiro atoms. The van der Waals surface area contributed by atoms with Crippen molar-refractivity contribution in [2.45, 2.75) is 104 Å². The van der Waals surface area contributed by atoms with E-state index < -0.39 is 12.1 Å². The molecule has 0 aromatic heterocycles. The summed E-state index contributed by atoms with van der Waals surface area (Å²) >= 11 is 0. The van der Waals surface area contributed by atoms with Gasteiger partial charge in [-0.2, -0.15) is 0 Å². The summed E-state index contributed by atoms with van der Waals surface area (Å²) in [6.07, 6.45) is 10.9. The lowest BCUT2D eigenvalue weighted by atomic mass is 9.98. The van der Waals surface area contributed by atoms with E-state index in [9.17, 15) is 19.2 Å². The minimum Gasteiger partial charge on any atom is -0.490 e. The van der Waals surface area contributed by atoms with Crippen LogP contribution in [0.5, 0.6) is 11.5 Å². The van der Waals surface area contributed by atoms with Gasteiger partial charge in [0.15, 0.2) is 0 Å². The Labute approximate surface area is 368 Å². The molecule has 0 saturated carbocycles. The van der Waals surface area contributed by atoms with Gasteiger partial charge in [-0.1, -0.05) is 137 Å². The van der Waals surface area contributed by atoms with Gasteiger partial charge in [0.25, 0.3) is 11.8 Å². The first-order chi connectivity index (χ1) is 29.8. The number of nitrogens with one attached hydrogen (secondary N) is 2. The van der Waals surface area contributed by atoms with E-state index in [1.165, 1.54) is 9.80 Å². The van der Waals surface area contributed by atoms with Crippen molar-refractivity contribution in [1.29, 1.82) is 0 Å². The Balaban J connectivity index is 0.000000234. The summed E-state index contributed by atoms with van der Waals surface area (Å²) in [5.41, 5.74) is 3.02. The fraction of sp³-hybridized carbons (Fsp3) is 0.385. The third-order valence-corrected chi connectivity index (χ3v) is 11.2. The number of ether oxygens (including phenoxy) is 2. The van der Waals surface area contributed by atoms with Gasteiger partial charge in [-0.25, -0.2) is 0 Å². The molecule has 4 aromatic carbocycles. The van der Waals surface area contributed by atoms with Crippen LogP contribution in [0.3, 0.4) is 0 Å². The third kappa shape index (κ3) is 12.5. The lowest BCUT2D eigenvalue weighted by Crippen LogP contribution is -2.51. The summed E-state index contributed by atoms with van der Waals surface area (Å²) in [6, 6.07) is 32.8. The van der Waals surface area contributed by atoms with Gasteiger partial charge in [0.2, 0.25) is 11.8 Å². The van der Waals surface area contributed by atoms with Crippen molar-refractivity contribution in [3.8, 4) is 11.5 Å². The fourth-order valence-electron chi connectivity index (χ4n) is 7.99. The second-order valence-electron chi connectivity index (χ2n) is 16.9. The number of hydrogen-bond donors (Lipinski definition) is 2. The summed E-state index contributed by atoms with van der Waals surface area (Å²) in [5.74, 6) is 0.223. The van der Waals surface area contributed by atoms with Crippen molar-refractivity contribution in [3.05, 3.63) is 156 Å². The van der Waals surface area contributed by atoms with Gasteiger partial charge in [0, 0.05) is 26.9 Å². The largest absolute Gasteiger partial charge is 0.490 e. The van der Waals surface area contributed by atoms with E-state index >= 15 is 0 Å². The van der Waals surface area contributed by atoms with E-state index in [-0.39, 0.29) is 59.8 Å². The van der Waals surface area contributed by atoms with Crippen molar-refractivity contribution in [2.75, 3.05) is 14.1 Å². The molecule has 10 heteroatoms. The van der Waals surface area contributed by atoms with Gasteiger partial charge in [0.1, 0.15) is 23.6 Å². The summed E-state index contributed by atoms with van der Waals surface area (Å²) < 4.78 is 12.2. The van der Waals surface area contributed by atoms with Crippen molar-refractivity contribution >= 4 is 23.6 Å². The maximum Gasteiger partial charge on any atom is 0.258 e. The van der Waals surface area contributed by atoms with Crippen LogP contribution in [0.25, 0.3) is 0 Å². The zero-order valence-electron chi connectivity index (χ0n) is 37.5. The smallest absolute Gasteiger partial charge is 0.258 e. The summed E-state index contributed by atoms with van der Waals surface area (Å²) in [5, 5.41) is 6.38. The molecule has 2 aliphatic heterocycles. The number of amides is 4. The Hall–Kier alpha value is -6.16. The Morgan fingerprint density at radius 1 is 0.484 bits per heavy atom. The lowest BCUT2D eigenvalue weighted by Gasteiger charge is -2.32. The minimum absolute atomic E-state index is 0.0548. The predicted molar refractivity (Wildman–Crippen MR) is 246 cm³/mol. The van der Waals surface area contributed by atoms with E-state index in [0.717, 1.165) is 11.1 Å². The maximum atomic E-state index is 13.4. The molecular formula is C52H64N4O6. The zero-order valence-corrected chi connectivity index (χ0v) is 37.5. The molecule has 6 rings (SSSR count). The lowest BCUT2D eigenvalue weighted by molar-refractivity contribution is -0.128. The summed E-state index contributed by atoms with van der Waals surface area (Å²) in [6.45, 7) is 11.8. The molecule has 4 aromatic rings. The number of carbonyl (C=O) groups is 4. The van der Waals surface area contributed by atoms with Crippen LogP contribution in [0.1, 0.15) is 111 Å². The second kappa shape index (κ2) is 22.6. The van der Waals surface area contributed by atoms with Gasteiger partial charge in [-0.05, 0) is 73.9 Å². The first kappa shape index (κ1) is 46.9. The van der Waals surface area contributed by atoms with Crippen molar-refractivity contribution < 1.29 is 28.7 Å². The van der Waals surface area contributed by atoms with Crippen LogP contribution in [-0.2, 0) is 9.59 Å². The number of carbonyl (C=O) groups excluding carboxylic acids is 4. The van der Waals surface area contributed by atoms with E-state index in [1.807, 2.05) is 139 Å².